The highest BCUT2D eigenvalue weighted by molar-refractivity contribution is 5.22. The first kappa shape index (κ1) is 22.5. The van der Waals surface area contributed by atoms with Gasteiger partial charge in [0.1, 0.15) is 0 Å². The van der Waals surface area contributed by atoms with E-state index in [0.717, 1.165) is 22.3 Å². The van der Waals surface area contributed by atoms with E-state index >= 15 is 0 Å². The number of rotatable bonds is 8. The summed E-state index contributed by atoms with van der Waals surface area (Å²) < 4.78 is 0. The highest BCUT2D eigenvalue weighted by Crippen LogP contribution is 2.37. The van der Waals surface area contributed by atoms with E-state index in [4.69, 9.17) is 19.6 Å². The summed E-state index contributed by atoms with van der Waals surface area (Å²) in [7, 11) is 0. The van der Waals surface area contributed by atoms with Crippen LogP contribution in [-0.4, -0.2) is 11.6 Å². The molecule has 4 heteroatoms. The lowest BCUT2D eigenvalue weighted by atomic mass is 9.97. The molecule has 0 amide bonds. The second-order valence-corrected chi connectivity index (χ2v) is 8.80. The van der Waals surface area contributed by atoms with Crippen molar-refractivity contribution < 1.29 is 19.6 Å². The smallest absolute Gasteiger partial charge is 0.194 e. The average molecular weight is 453 g/mol. The lowest BCUT2D eigenvalue weighted by Gasteiger charge is -2.43. The summed E-state index contributed by atoms with van der Waals surface area (Å²) in [5, 5.41) is 0. The maximum absolute atomic E-state index is 6.19. The molecule has 0 N–H and O–H groups in total. The van der Waals surface area contributed by atoms with Gasteiger partial charge < -0.3 is 0 Å². The molecule has 1 aliphatic rings. The van der Waals surface area contributed by atoms with Crippen LogP contribution in [0.1, 0.15) is 22.3 Å². The van der Waals surface area contributed by atoms with Crippen LogP contribution < -0.4 is 0 Å². The van der Waals surface area contributed by atoms with E-state index in [1.165, 1.54) is 0 Å². The first-order valence-electron chi connectivity index (χ1n) is 11.6. The minimum atomic E-state index is -1.11. The Balaban J connectivity index is 1.42. The van der Waals surface area contributed by atoms with Gasteiger partial charge >= 0.3 is 0 Å². The van der Waals surface area contributed by atoms with Crippen LogP contribution in [0.4, 0.5) is 0 Å². The van der Waals surface area contributed by atoms with Gasteiger partial charge in [0.2, 0.25) is 11.6 Å². The zero-order chi connectivity index (χ0) is 23.1. The van der Waals surface area contributed by atoms with E-state index in [0.29, 0.717) is 25.7 Å². The second-order valence-electron chi connectivity index (χ2n) is 8.80. The molecule has 0 unspecified atom stereocenters. The molecule has 4 aromatic rings. The lowest BCUT2D eigenvalue weighted by molar-refractivity contribution is -0.656. The molecule has 172 valence electrons. The van der Waals surface area contributed by atoms with Crippen LogP contribution in [0.25, 0.3) is 0 Å². The zero-order valence-corrected chi connectivity index (χ0v) is 19.0. The highest BCUT2D eigenvalue weighted by atomic mass is 17.4. The van der Waals surface area contributed by atoms with Crippen LogP contribution in [-0.2, 0) is 45.2 Å². The summed E-state index contributed by atoms with van der Waals surface area (Å²) in [6.45, 7) is 0. The van der Waals surface area contributed by atoms with Crippen molar-refractivity contribution in [2.45, 2.75) is 37.3 Å². The Hall–Kier alpha value is -3.28. The Labute approximate surface area is 200 Å². The van der Waals surface area contributed by atoms with Gasteiger partial charge in [-0.15, -0.1) is 0 Å². The molecule has 0 atom stereocenters. The molecule has 34 heavy (non-hydrogen) atoms. The monoisotopic (exact) mass is 452 g/mol. The minimum absolute atomic E-state index is 0.482. The molecule has 1 aliphatic heterocycles. The Bertz CT molecular complexity index is 958. The maximum atomic E-state index is 6.19. The Morgan fingerprint density at radius 2 is 0.529 bits per heavy atom. The number of hydrogen-bond acceptors (Lipinski definition) is 4. The second kappa shape index (κ2) is 10.3. The summed E-state index contributed by atoms with van der Waals surface area (Å²) in [5.74, 6) is -2.22. The summed E-state index contributed by atoms with van der Waals surface area (Å²) in [6.07, 6.45) is 1.93. The molecule has 0 saturated carbocycles. The van der Waals surface area contributed by atoms with E-state index in [1.54, 1.807) is 0 Å². The van der Waals surface area contributed by atoms with Gasteiger partial charge in [-0.25, -0.2) is 0 Å². The molecular formula is C30H28O4. The topological polar surface area (TPSA) is 36.9 Å². The summed E-state index contributed by atoms with van der Waals surface area (Å²) in [6, 6.07) is 40.4. The largest absolute Gasteiger partial charge is 0.242 e. The molecule has 1 saturated heterocycles. The third kappa shape index (κ3) is 5.61. The van der Waals surface area contributed by atoms with E-state index in [1.807, 2.05) is 72.8 Å². The zero-order valence-electron chi connectivity index (χ0n) is 19.0. The van der Waals surface area contributed by atoms with E-state index in [-0.39, 0.29) is 0 Å². The summed E-state index contributed by atoms with van der Waals surface area (Å²) >= 11 is 0. The fourth-order valence-corrected chi connectivity index (χ4v) is 4.32. The Morgan fingerprint density at radius 3 is 0.735 bits per heavy atom. The van der Waals surface area contributed by atoms with Crippen molar-refractivity contribution in [2.75, 3.05) is 0 Å². The van der Waals surface area contributed by atoms with Crippen molar-refractivity contribution in [3.05, 3.63) is 144 Å². The van der Waals surface area contributed by atoms with E-state index in [9.17, 15) is 0 Å². The molecule has 0 radical (unpaired) electrons. The van der Waals surface area contributed by atoms with E-state index < -0.39 is 11.6 Å². The van der Waals surface area contributed by atoms with Gasteiger partial charge in [-0.3, -0.25) is 0 Å². The van der Waals surface area contributed by atoms with E-state index in [2.05, 4.69) is 48.5 Å². The molecule has 1 fully saturated rings. The van der Waals surface area contributed by atoms with Gasteiger partial charge in [-0.05, 0) is 22.3 Å². The fourth-order valence-electron chi connectivity index (χ4n) is 4.32. The van der Waals surface area contributed by atoms with Crippen LogP contribution in [0.5, 0.6) is 0 Å². The molecule has 4 nitrogen and oxygen atoms in total. The van der Waals surface area contributed by atoms with Crippen LogP contribution >= 0.6 is 0 Å². The van der Waals surface area contributed by atoms with Crippen LogP contribution in [0.3, 0.4) is 0 Å². The van der Waals surface area contributed by atoms with Gasteiger partial charge in [0.15, 0.2) is 0 Å². The van der Waals surface area contributed by atoms with Gasteiger partial charge in [0.25, 0.3) is 0 Å². The molecule has 0 aromatic heterocycles. The summed E-state index contributed by atoms with van der Waals surface area (Å²) in [4.78, 5) is 24.7. The van der Waals surface area contributed by atoms with Crippen molar-refractivity contribution in [1.82, 2.24) is 0 Å². The van der Waals surface area contributed by atoms with Gasteiger partial charge in [-0.1, -0.05) is 121 Å². The third-order valence-electron chi connectivity index (χ3n) is 5.96. The molecule has 0 spiro atoms. The number of hydrogen-bond donors (Lipinski definition) is 0. The number of benzene rings is 4. The average Bonchev–Trinajstić information content (AvgIpc) is 2.89. The Morgan fingerprint density at radius 1 is 0.324 bits per heavy atom. The van der Waals surface area contributed by atoms with Crippen molar-refractivity contribution in [3.8, 4) is 0 Å². The first-order valence-corrected chi connectivity index (χ1v) is 11.6. The standard InChI is InChI=1S/C30H28O4/c1-5-13-25(14-6-1)21-29(22-26-15-7-2-8-16-26)31-33-30(34-32-29,23-27-17-9-3-10-18-27)24-28-19-11-4-12-20-28/h1-20H,21-24H2. The molecule has 1 heterocycles. The maximum Gasteiger partial charge on any atom is 0.242 e. The highest BCUT2D eigenvalue weighted by Gasteiger charge is 2.49. The SMILES string of the molecule is c1ccc(CC2(Cc3ccccc3)OOC(Cc3ccccc3)(Cc3ccccc3)OO2)cc1. The molecule has 5 rings (SSSR count). The van der Waals surface area contributed by atoms with Crippen molar-refractivity contribution >= 4 is 0 Å². The normalized spacial score (nSPS) is 16.7. The van der Waals surface area contributed by atoms with Crippen molar-refractivity contribution in [3.63, 3.8) is 0 Å². The third-order valence-corrected chi connectivity index (χ3v) is 5.96. The van der Waals surface area contributed by atoms with Crippen LogP contribution in [0.2, 0.25) is 0 Å². The summed E-state index contributed by atoms with van der Waals surface area (Å²) in [5.41, 5.74) is 4.29. The molecule has 4 aromatic carbocycles. The lowest BCUT2D eigenvalue weighted by Crippen LogP contribution is -2.54. The molecular weight excluding hydrogens is 424 g/mol. The van der Waals surface area contributed by atoms with Crippen LogP contribution in [0.15, 0.2) is 121 Å². The van der Waals surface area contributed by atoms with Crippen molar-refractivity contribution in [1.29, 1.82) is 0 Å². The van der Waals surface area contributed by atoms with Gasteiger partial charge in [0.05, 0.1) is 0 Å². The first-order chi connectivity index (χ1) is 16.7. The van der Waals surface area contributed by atoms with Gasteiger partial charge in [-0.2, -0.15) is 19.6 Å². The predicted molar refractivity (Wildman–Crippen MR) is 130 cm³/mol. The fraction of sp³-hybridized carbons (Fsp3) is 0.200. The van der Waals surface area contributed by atoms with Crippen molar-refractivity contribution in [2.24, 2.45) is 0 Å². The quantitative estimate of drug-likeness (QED) is 0.296. The Kier molecular flexibility index (Phi) is 6.84. The van der Waals surface area contributed by atoms with Gasteiger partial charge in [0, 0.05) is 25.7 Å². The molecule has 0 aliphatic carbocycles. The molecule has 0 bridgehead atoms. The van der Waals surface area contributed by atoms with Crippen LogP contribution in [0, 0.1) is 0 Å². The minimum Gasteiger partial charge on any atom is -0.194 e. The predicted octanol–water partition coefficient (Wildman–Crippen LogP) is 6.26.